The van der Waals surface area contributed by atoms with Gasteiger partial charge in [0.05, 0.1) is 12.0 Å². The number of anilines is 1. The summed E-state index contributed by atoms with van der Waals surface area (Å²) in [6.45, 7) is 1.42. The quantitative estimate of drug-likeness (QED) is 0.872. The van der Waals surface area contributed by atoms with E-state index in [0.717, 1.165) is 24.9 Å². The summed E-state index contributed by atoms with van der Waals surface area (Å²) >= 11 is 0. The topological polar surface area (TPSA) is 67.9 Å². The number of aryl methyl sites for hydroxylation is 1. The van der Waals surface area contributed by atoms with Crippen molar-refractivity contribution in [1.82, 2.24) is 5.32 Å². The second-order valence-electron chi connectivity index (χ2n) is 7.89. The molecule has 2 amide bonds. The lowest BCUT2D eigenvalue weighted by molar-refractivity contribution is -0.127. The monoisotopic (exact) mass is 392 g/mol. The van der Waals surface area contributed by atoms with Crippen molar-refractivity contribution in [3.63, 3.8) is 0 Å². The first kappa shape index (κ1) is 18.0. The third-order valence-corrected chi connectivity index (χ3v) is 6.02. The van der Waals surface area contributed by atoms with Crippen molar-refractivity contribution in [1.29, 1.82) is 0 Å². The van der Waals surface area contributed by atoms with E-state index in [-0.39, 0.29) is 30.2 Å². The highest BCUT2D eigenvalue weighted by Crippen LogP contribution is 2.36. The van der Waals surface area contributed by atoms with Gasteiger partial charge in [-0.1, -0.05) is 24.3 Å². The Bertz CT molecular complexity index is 958. The van der Waals surface area contributed by atoms with Crippen molar-refractivity contribution in [3.8, 4) is 11.5 Å². The van der Waals surface area contributed by atoms with Crippen LogP contribution in [0.3, 0.4) is 0 Å². The van der Waals surface area contributed by atoms with E-state index < -0.39 is 0 Å². The van der Waals surface area contributed by atoms with E-state index in [9.17, 15) is 9.59 Å². The van der Waals surface area contributed by atoms with Crippen molar-refractivity contribution < 1.29 is 19.1 Å². The van der Waals surface area contributed by atoms with E-state index in [1.807, 2.05) is 30.3 Å². The minimum atomic E-state index is -0.343. The van der Waals surface area contributed by atoms with Gasteiger partial charge in [0.1, 0.15) is 13.2 Å². The molecule has 0 saturated carbocycles. The smallest absolute Gasteiger partial charge is 0.227 e. The van der Waals surface area contributed by atoms with Crippen molar-refractivity contribution >= 4 is 17.5 Å². The number of nitrogens with zero attached hydrogens (tertiary/aromatic N) is 1. The highest BCUT2D eigenvalue weighted by atomic mass is 16.6. The van der Waals surface area contributed by atoms with E-state index in [0.29, 0.717) is 31.3 Å². The fourth-order valence-corrected chi connectivity index (χ4v) is 4.53. The van der Waals surface area contributed by atoms with Crippen molar-refractivity contribution in [2.75, 3.05) is 24.7 Å². The molecule has 2 aliphatic heterocycles. The lowest BCUT2D eigenvalue weighted by atomic mass is 9.87. The van der Waals surface area contributed by atoms with Crippen molar-refractivity contribution in [3.05, 3.63) is 53.6 Å². The molecule has 0 unspecified atom stereocenters. The molecule has 6 heteroatoms. The number of amides is 2. The van der Waals surface area contributed by atoms with E-state index in [1.165, 1.54) is 11.1 Å². The number of nitrogens with one attached hydrogen (secondary N) is 1. The second-order valence-corrected chi connectivity index (χ2v) is 7.89. The summed E-state index contributed by atoms with van der Waals surface area (Å²) in [5.41, 5.74) is 3.27. The summed E-state index contributed by atoms with van der Waals surface area (Å²) < 4.78 is 11.2. The van der Waals surface area contributed by atoms with Gasteiger partial charge in [0.15, 0.2) is 11.5 Å². The second kappa shape index (κ2) is 7.43. The van der Waals surface area contributed by atoms with Crippen LogP contribution in [0.1, 0.15) is 36.4 Å². The molecule has 1 aliphatic carbocycles. The molecule has 2 aromatic rings. The number of carbonyl (C=O) groups excluding carboxylic acids is 2. The van der Waals surface area contributed by atoms with Crippen LogP contribution in [0.5, 0.6) is 11.5 Å². The van der Waals surface area contributed by atoms with Gasteiger partial charge in [-0.05, 0) is 42.5 Å². The Kier molecular flexibility index (Phi) is 4.62. The van der Waals surface area contributed by atoms with Gasteiger partial charge in [-0.15, -0.1) is 0 Å². The van der Waals surface area contributed by atoms with Gasteiger partial charge in [0, 0.05) is 24.7 Å². The van der Waals surface area contributed by atoms with Gasteiger partial charge in [0.2, 0.25) is 11.8 Å². The van der Waals surface area contributed by atoms with Gasteiger partial charge < -0.3 is 19.7 Å². The summed E-state index contributed by atoms with van der Waals surface area (Å²) in [4.78, 5) is 27.2. The molecule has 5 rings (SSSR count). The Balaban J connectivity index is 1.29. The highest BCUT2D eigenvalue weighted by molar-refractivity contribution is 6.00. The Hall–Kier alpha value is -3.02. The maximum Gasteiger partial charge on any atom is 0.227 e. The largest absolute Gasteiger partial charge is 0.486 e. The fourth-order valence-electron chi connectivity index (χ4n) is 4.53. The van der Waals surface area contributed by atoms with Gasteiger partial charge in [-0.25, -0.2) is 0 Å². The third-order valence-electron chi connectivity index (χ3n) is 6.02. The molecular weight excluding hydrogens is 368 g/mol. The Morgan fingerprint density at radius 3 is 2.79 bits per heavy atom. The standard InChI is InChI=1S/C23H24N2O4/c26-22-12-16(14-25(22)17-8-9-20-21(13-17)29-11-10-28-20)23(27)24-19-7-3-5-15-4-1-2-6-18(15)19/h1-2,4,6,8-9,13,16,19H,3,5,7,10-12,14H2,(H,24,27)/t16-,19+/m0/s1. The minimum absolute atomic E-state index is 0.0332. The zero-order valence-electron chi connectivity index (χ0n) is 16.2. The number of hydrogen-bond acceptors (Lipinski definition) is 4. The number of ether oxygens (including phenoxy) is 2. The van der Waals surface area contributed by atoms with Crippen LogP contribution in [-0.4, -0.2) is 31.6 Å². The Morgan fingerprint density at radius 1 is 1.07 bits per heavy atom. The predicted molar refractivity (Wildman–Crippen MR) is 108 cm³/mol. The zero-order valence-corrected chi connectivity index (χ0v) is 16.2. The van der Waals surface area contributed by atoms with Crippen LogP contribution >= 0.6 is 0 Å². The molecule has 1 saturated heterocycles. The molecule has 2 heterocycles. The number of fused-ring (bicyclic) bond motifs is 2. The van der Waals surface area contributed by atoms with Crippen LogP contribution in [0.4, 0.5) is 5.69 Å². The van der Waals surface area contributed by atoms with Crippen LogP contribution < -0.4 is 19.7 Å². The SMILES string of the molecule is O=C(N[C@@H]1CCCc2ccccc21)[C@H]1CC(=O)N(c2ccc3c(c2)OCCO3)C1. The van der Waals surface area contributed by atoms with Crippen LogP contribution in [-0.2, 0) is 16.0 Å². The number of benzene rings is 2. The fraction of sp³-hybridized carbons (Fsp3) is 0.391. The average Bonchev–Trinajstić information content (AvgIpc) is 3.15. The maximum absolute atomic E-state index is 12.9. The van der Waals surface area contributed by atoms with E-state index in [2.05, 4.69) is 17.4 Å². The van der Waals surface area contributed by atoms with Gasteiger partial charge in [0.25, 0.3) is 0 Å². The van der Waals surface area contributed by atoms with Crippen LogP contribution in [0, 0.1) is 5.92 Å². The van der Waals surface area contributed by atoms with Crippen LogP contribution in [0.2, 0.25) is 0 Å². The molecule has 2 atom stereocenters. The lowest BCUT2D eigenvalue weighted by Crippen LogP contribution is -2.36. The molecule has 0 bridgehead atoms. The van der Waals surface area contributed by atoms with Crippen LogP contribution in [0.25, 0.3) is 0 Å². The molecule has 150 valence electrons. The van der Waals surface area contributed by atoms with E-state index in [1.54, 1.807) is 4.90 Å². The minimum Gasteiger partial charge on any atom is -0.486 e. The maximum atomic E-state index is 12.9. The first-order valence-corrected chi connectivity index (χ1v) is 10.3. The summed E-state index contributed by atoms with van der Waals surface area (Å²) in [6, 6.07) is 13.8. The Morgan fingerprint density at radius 2 is 1.90 bits per heavy atom. The van der Waals surface area contributed by atoms with Gasteiger partial charge >= 0.3 is 0 Å². The first-order chi connectivity index (χ1) is 14.2. The molecule has 0 spiro atoms. The van der Waals surface area contributed by atoms with Gasteiger partial charge in [-0.3, -0.25) is 9.59 Å². The normalized spacial score (nSPS) is 22.9. The molecule has 29 heavy (non-hydrogen) atoms. The molecule has 3 aliphatic rings. The molecular formula is C23H24N2O4. The predicted octanol–water partition coefficient (Wildman–Crippen LogP) is 3.00. The summed E-state index contributed by atoms with van der Waals surface area (Å²) in [7, 11) is 0. The third kappa shape index (κ3) is 3.43. The Labute approximate surface area is 169 Å². The summed E-state index contributed by atoms with van der Waals surface area (Å²) in [6.07, 6.45) is 3.29. The van der Waals surface area contributed by atoms with E-state index >= 15 is 0 Å². The van der Waals surface area contributed by atoms with E-state index in [4.69, 9.17) is 9.47 Å². The molecule has 1 fully saturated rings. The zero-order chi connectivity index (χ0) is 19.8. The molecule has 1 N–H and O–H groups in total. The number of hydrogen-bond donors (Lipinski definition) is 1. The van der Waals surface area contributed by atoms with Crippen molar-refractivity contribution in [2.45, 2.75) is 31.7 Å². The summed E-state index contributed by atoms with van der Waals surface area (Å²) in [5.74, 6) is 0.918. The number of carbonyl (C=O) groups is 2. The lowest BCUT2D eigenvalue weighted by Gasteiger charge is -2.27. The molecule has 2 aromatic carbocycles. The van der Waals surface area contributed by atoms with Gasteiger partial charge in [-0.2, -0.15) is 0 Å². The van der Waals surface area contributed by atoms with Crippen LogP contribution in [0.15, 0.2) is 42.5 Å². The molecule has 0 radical (unpaired) electrons. The average molecular weight is 392 g/mol. The molecule has 0 aromatic heterocycles. The first-order valence-electron chi connectivity index (χ1n) is 10.3. The highest BCUT2D eigenvalue weighted by Gasteiger charge is 2.36. The summed E-state index contributed by atoms with van der Waals surface area (Å²) in [5, 5.41) is 3.20. The number of rotatable bonds is 3. The molecule has 6 nitrogen and oxygen atoms in total. The van der Waals surface area contributed by atoms with Crippen molar-refractivity contribution in [2.24, 2.45) is 5.92 Å².